The van der Waals surface area contributed by atoms with Crippen molar-refractivity contribution in [2.45, 2.75) is 79.5 Å². The third-order valence-electron chi connectivity index (χ3n) is 7.34. The van der Waals surface area contributed by atoms with Gasteiger partial charge in [0, 0.05) is 36.7 Å². The predicted octanol–water partition coefficient (Wildman–Crippen LogP) is 3.91. The van der Waals surface area contributed by atoms with Crippen molar-refractivity contribution < 1.29 is 13.2 Å². The van der Waals surface area contributed by atoms with Crippen LogP contribution in [0.5, 0.6) is 5.75 Å². The van der Waals surface area contributed by atoms with Gasteiger partial charge in [-0.25, -0.2) is 8.42 Å². The monoisotopic (exact) mass is 426 g/mol. The van der Waals surface area contributed by atoms with E-state index in [0.717, 1.165) is 24.1 Å². The molecule has 0 amide bonds. The zero-order valence-electron chi connectivity index (χ0n) is 18.1. The summed E-state index contributed by atoms with van der Waals surface area (Å²) in [7, 11) is -1.50. The fourth-order valence-electron chi connectivity index (χ4n) is 5.90. The molecule has 160 valence electrons. The summed E-state index contributed by atoms with van der Waals surface area (Å²) in [5.74, 6) is 0.672. The van der Waals surface area contributed by atoms with Crippen molar-refractivity contribution in [1.29, 1.82) is 0 Å². The van der Waals surface area contributed by atoms with E-state index in [-0.39, 0.29) is 11.5 Å². The summed E-state index contributed by atoms with van der Waals surface area (Å²) >= 11 is 0. The lowest BCUT2D eigenvalue weighted by Crippen LogP contribution is -2.59. The molecule has 3 aliphatic rings. The van der Waals surface area contributed by atoms with Crippen molar-refractivity contribution in [3.63, 3.8) is 0 Å². The number of anilines is 1. The lowest BCUT2D eigenvalue weighted by molar-refractivity contribution is 0.230. The Hall–Kier alpha value is -2.05. The number of ether oxygens (including phenoxy) is 1. The van der Waals surface area contributed by atoms with Gasteiger partial charge in [-0.15, -0.1) is 0 Å². The van der Waals surface area contributed by atoms with Crippen molar-refractivity contribution in [3.05, 3.63) is 48.0 Å². The van der Waals surface area contributed by atoms with E-state index in [4.69, 9.17) is 4.74 Å². The second kappa shape index (κ2) is 6.72. The number of sulfone groups is 1. The summed E-state index contributed by atoms with van der Waals surface area (Å²) < 4.78 is 33.2. The van der Waals surface area contributed by atoms with Crippen LogP contribution in [0.4, 0.5) is 5.69 Å². The van der Waals surface area contributed by atoms with E-state index in [2.05, 4.69) is 24.2 Å². The number of nitrogens with one attached hydrogen (secondary N) is 1. The number of likely N-dealkylation sites (N-methyl/N-ethyl adjacent to an activating group) is 1. The molecular weight excluding hydrogens is 396 g/mol. The summed E-state index contributed by atoms with van der Waals surface area (Å²) in [6, 6.07) is 13.6. The van der Waals surface area contributed by atoms with Gasteiger partial charge in [-0.05, 0) is 56.9 Å². The zero-order chi connectivity index (χ0) is 21.3. The number of hydrogen-bond acceptors (Lipinski definition) is 5. The fourth-order valence-corrected chi connectivity index (χ4v) is 7.22. The van der Waals surface area contributed by atoms with Crippen LogP contribution in [0.2, 0.25) is 0 Å². The molecule has 30 heavy (non-hydrogen) atoms. The topological polar surface area (TPSA) is 58.6 Å². The van der Waals surface area contributed by atoms with E-state index in [1.54, 1.807) is 30.3 Å². The van der Waals surface area contributed by atoms with Crippen molar-refractivity contribution in [2.24, 2.45) is 0 Å². The number of hydrogen-bond donors (Lipinski definition) is 1. The van der Waals surface area contributed by atoms with Crippen LogP contribution in [-0.4, -0.2) is 39.7 Å². The SMILES string of the molecule is CC(C)Oc1cc(S(=O)(=O)c2ccccc2)cc2c1N(C)C1CC3CCC(N3)C21C. The average molecular weight is 427 g/mol. The van der Waals surface area contributed by atoms with Crippen LogP contribution in [-0.2, 0) is 15.3 Å². The molecule has 3 aliphatic heterocycles. The van der Waals surface area contributed by atoms with Gasteiger partial charge in [0.25, 0.3) is 0 Å². The predicted molar refractivity (Wildman–Crippen MR) is 118 cm³/mol. The molecule has 0 radical (unpaired) electrons. The van der Waals surface area contributed by atoms with Crippen molar-refractivity contribution in [3.8, 4) is 5.75 Å². The molecule has 2 fully saturated rings. The Labute approximate surface area is 179 Å². The van der Waals surface area contributed by atoms with E-state index in [0.29, 0.717) is 33.7 Å². The van der Waals surface area contributed by atoms with Crippen molar-refractivity contribution >= 4 is 15.5 Å². The lowest BCUT2D eigenvalue weighted by atomic mass is 9.70. The minimum absolute atomic E-state index is 0.0396. The van der Waals surface area contributed by atoms with Gasteiger partial charge in [-0.2, -0.15) is 0 Å². The van der Waals surface area contributed by atoms with E-state index in [1.165, 1.54) is 6.42 Å². The van der Waals surface area contributed by atoms with Gasteiger partial charge in [0.2, 0.25) is 9.84 Å². The highest BCUT2D eigenvalue weighted by atomic mass is 32.2. The molecular formula is C24H30N2O3S. The Morgan fingerprint density at radius 1 is 1.13 bits per heavy atom. The second-order valence-electron chi connectivity index (χ2n) is 9.44. The molecule has 2 aromatic rings. The molecule has 2 aromatic carbocycles. The fraction of sp³-hybridized carbons (Fsp3) is 0.500. The number of rotatable bonds is 4. The first kappa shape index (κ1) is 19.9. The number of fused-ring (bicyclic) bond motifs is 6. The highest BCUT2D eigenvalue weighted by Crippen LogP contribution is 2.56. The van der Waals surface area contributed by atoms with Crippen LogP contribution in [0.25, 0.3) is 0 Å². The quantitative estimate of drug-likeness (QED) is 0.803. The van der Waals surface area contributed by atoms with Crippen LogP contribution >= 0.6 is 0 Å². The Bertz CT molecular complexity index is 1080. The van der Waals surface area contributed by atoms with Crippen LogP contribution in [0.3, 0.4) is 0 Å². The Morgan fingerprint density at radius 2 is 1.87 bits per heavy atom. The molecule has 3 heterocycles. The van der Waals surface area contributed by atoms with Crippen LogP contribution in [0.1, 0.15) is 45.6 Å². The zero-order valence-corrected chi connectivity index (χ0v) is 18.9. The average Bonchev–Trinajstić information content (AvgIpc) is 3.23. The Kier molecular flexibility index (Phi) is 4.46. The largest absolute Gasteiger partial charge is 0.489 e. The molecule has 0 aliphatic carbocycles. The van der Waals surface area contributed by atoms with Crippen LogP contribution < -0.4 is 15.0 Å². The van der Waals surface area contributed by atoms with E-state index in [9.17, 15) is 8.42 Å². The Balaban J connectivity index is 1.73. The summed E-state index contributed by atoms with van der Waals surface area (Å²) in [6.45, 7) is 6.27. The van der Waals surface area contributed by atoms with E-state index < -0.39 is 9.84 Å². The number of nitrogens with zero attached hydrogens (tertiary/aromatic N) is 1. The molecule has 4 unspecified atom stereocenters. The normalized spacial score (nSPS) is 29.8. The smallest absolute Gasteiger partial charge is 0.206 e. The van der Waals surface area contributed by atoms with Gasteiger partial charge >= 0.3 is 0 Å². The minimum atomic E-state index is -3.63. The summed E-state index contributed by atoms with van der Waals surface area (Å²) in [4.78, 5) is 2.98. The van der Waals surface area contributed by atoms with Gasteiger partial charge in [-0.1, -0.05) is 25.1 Å². The van der Waals surface area contributed by atoms with Gasteiger partial charge in [0.1, 0.15) is 5.75 Å². The highest BCUT2D eigenvalue weighted by Gasteiger charge is 2.57. The lowest BCUT2D eigenvalue weighted by Gasteiger charge is -2.44. The molecule has 5 rings (SSSR count). The third kappa shape index (κ3) is 2.73. The van der Waals surface area contributed by atoms with Crippen LogP contribution in [0, 0.1) is 0 Å². The van der Waals surface area contributed by atoms with Crippen LogP contribution in [0.15, 0.2) is 52.3 Å². The summed E-state index contributed by atoms with van der Waals surface area (Å²) in [5, 5.41) is 3.80. The van der Waals surface area contributed by atoms with Crippen molar-refractivity contribution in [1.82, 2.24) is 5.32 Å². The maximum Gasteiger partial charge on any atom is 0.206 e. The maximum atomic E-state index is 13.5. The van der Waals surface area contributed by atoms with E-state index >= 15 is 0 Å². The highest BCUT2D eigenvalue weighted by molar-refractivity contribution is 7.91. The molecule has 5 nitrogen and oxygen atoms in total. The first-order valence-corrected chi connectivity index (χ1v) is 12.4. The first-order chi connectivity index (χ1) is 14.2. The molecule has 2 bridgehead atoms. The molecule has 6 heteroatoms. The number of piperidine rings is 1. The first-order valence-electron chi connectivity index (χ1n) is 10.9. The van der Waals surface area contributed by atoms with Gasteiger partial charge in [0.05, 0.1) is 21.6 Å². The maximum absolute atomic E-state index is 13.5. The molecule has 2 saturated heterocycles. The third-order valence-corrected chi connectivity index (χ3v) is 9.09. The second-order valence-corrected chi connectivity index (χ2v) is 11.4. The standard InChI is InChI=1S/C24H30N2O3S/c1-15(2)29-20-14-18(30(27,28)17-8-6-5-7-9-17)13-19-23(20)26(4)22-12-16-10-11-21(25-16)24(19,22)3/h5-9,13-16,21-22,25H,10-12H2,1-4H3. The molecule has 0 saturated carbocycles. The van der Waals surface area contributed by atoms with E-state index in [1.807, 2.05) is 26.0 Å². The van der Waals surface area contributed by atoms with Gasteiger partial charge in [-0.3, -0.25) is 0 Å². The van der Waals surface area contributed by atoms with Gasteiger partial charge in [0.15, 0.2) is 0 Å². The minimum Gasteiger partial charge on any atom is -0.489 e. The Morgan fingerprint density at radius 3 is 2.57 bits per heavy atom. The summed E-state index contributed by atoms with van der Waals surface area (Å²) in [5.41, 5.74) is 2.01. The van der Waals surface area contributed by atoms with Gasteiger partial charge < -0.3 is 15.0 Å². The number of benzene rings is 2. The molecule has 4 atom stereocenters. The molecule has 1 N–H and O–H groups in total. The molecule has 0 aromatic heterocycles. The summed E-state index contributed by atoms with van der Waals surface area (Å²) in [6.07, 6.45) is 3.35. The molecule has 0 spiro atoms. The van der Waals surface area contributed by atoms with Crippen molar-refractivity contribution in [2.75, 3.05) is 11.9 Å².